The lowest BCUT2D eigenvalue weighted by molar-refractivity contribution is 0.0695. The second kappa shape index (κ2) is 7.19. The smallest absolute Gasteiger partial charge is 0.341 e. The first-order valence-corrected chi connectivity index (χ1v) is 7.58. The summed E-state index contributed by atoms with van der Waals surface area (Å²) in [6, 6.07) is 2.81. The second-order valence-electron chi connectivity index (χ2n) is 5.52. The molecule has 1 aromatic heterocycles. The molecule has 1 aliphatic heterocycles. The molecule has 8 heteroatoms. The van der Waals surface area contributed by atoms with Gasteiger partial charge >= 0.3 is 5.97 Å². The predicted molar refractivity (Wildman–Crippen MR) is 93.1 cm³/mol. The number of nitrogens with one attached hydrogen (secondary N) is 1. The van der Waals surface area contributed by atoms with Gasteiger partial charge in [-0.3, -0.25) is 4.79 Å². The Hall–Kier alpha value is -2.12. The van der Waals surface area contributed by atoms with Crippen molar-refractivity contribution in [1.29, 1.82) is 0 Å². The number of anilines is 1. The number of pyridine rings is 1. The van der Waals surface area contributed by atoms with Crippen molar-refractivity contribution in [2.75, 3.05) is 31.1 Å². The number of benzene rings is 1. The number of aromatic carboxylic acids is 1. The van der Waals surface area contributed by atoms with Gasteiger partial charge in [-0.1, -0.05) is 0 Å². The third-order valence-corrected chi connectivity index (χ3v) is 4.18. The second-order valence-corrected chi connectivity index (χ2v) is 5.52. The standard InChI is InChI=1S/C16H18FN3O3.ClH/c1-2-19-9-11(16(22)23)15(21)10-7-12(17)14(8-13(10)19)20-5-3-18-4-6-20;/h7-9,18H,2-6H2,1H3,(H,22,23);1H. The molecule has 2 heterocycles. The highest BCUT2D eigenvalue weighted by molar-refractivity contribution is 5.93. The van der Waals surface area contributed by atoms with Crippen LogP contribution in [0.25, 0.3) is 10.9 Å². The molecule has 0 amide bonds. The van der Waals surface area contributed by atoms with E-state index in [1.54, 1.807) is 10.6 Å². The first-order chi connectivity index (χ1) is 11.0. The molecule has 0 radical (unpaired) electrons. The van der Waals surface area contributed by atoms with E-state index in [2.05, 4.69) is 5.32 Å². The van der Waals surface area contributed by atoms with Gasteiger partial charge in [0.1, 0.15) is 11.4 Å². The van der Waals surface area contributed by atoms with Gasteiger partial charge in [-0.25, -0.2) is 9.18 Å². The molecule has 0 spiro atoms. The van der Waals surface area contributed by atoms with E-state index in [1.807, 2.05) is 11.8 Å². The molecule has 24 heavy (non-hydrogen) atoms. The maximum atomic E-state index is 14.5. The molecule has 0 unspecified atom stereocenters. The Labute approximate surface area is 144 Å². The Morgan fingerprint density at radius 2 is 2.00 bits per heavy atom. The number of fused-ring (bicyclic) bond motifs is 1. The fourth-order valence-electron chi connectivity index (χ4n) is 2.96. The Balaban J connectivity index is 0.00000208. The maximum absolute atomic E-state index is 14.5. The maximum Gasteiger partial charge on any atom is 0.341 e. The number of rotatable bonds is 3. The lowest BCUT2D eigenvalue weighted by Crippen LogP contribution is -2.43. The number of carboxylic acid groups (broad SMARTS) is 1. The van der Waals surface area contributed by atoms with Gasteiger partial charge in [0.25, 0.3) is 0 Å². The minimum atomic E-state index is -1.30. The van der Waals surface area contributed by atoms with Crippen LogP contribution in [-0.2, 0) is 6.54 Å². The van der Waals surface area contributed by atoms with Crippen LogP contribution in [0.3, 0.4) is 0 Å². The summed E-state index contributed by atoms with van der Waals surface area (Å²) in [4.78, 5) is 25.4. The van der Waals surface area contributed by atoms with E-state index < -0.39 is 17.2 Å². The molecule has 0 saturated carbocycles. The van der Waals surface area contributed by atoms with Gasteiger partial charge in [0.2, 0.25) is 5.43 Å². The number of halogens is 2. The summed E-state index contributed by atoms with van der Waals surface area (Å²) in [5.41, 5.74) is 0.0118. The zero-order chi connectivity index (χ0) is 16.6. The minimum absolute atomic E-state index is 0. The lowest BCUT2D eigenvalue weighted by Gasteiger charge is -2.30. The van der Waals surface area contributed by atoms with E-state index in [0.717, 1.165) is 19.2 Å². The first-order valence-electron chi connectivity index (χ1n) is 7.58. The molecule has 1 aliphatic rings. The summed E-state index contributed by atoms with van der Waals surface area (Å²) in [7, 11) is 0. The average molecular weight is 356 g/mol. The predicted octanol–water partition coefficient (Wildman–Crippen LogP) is 1.69. The summed E-state index contributed by atoms with van der Waals surface area (Å²) in [5, 5.41) is 12.5. The SMILES string of the molecule is CCn1cc(C(=O)O)c(=O)c2cc(F)c(N3CCNCC3)cc21.Cl. The van der Waals surface area contributed by atoms with Crippen LogP contribution in [0.2, 0.25) is 0 Å². The molecule has 1 aromatic carbocycles. The molecule has 130 valence electrons. The van der Waals surface area contributed by atoms with Crippen molar-refractivity contribution in [3.8, 4) is 0 Å². The quantitative estimate of drug-likeness (QED) is 0.876. The van der Waals surface area contributed by atoms with Gasteiger partial charge in [0, 0.05) is 44.3 Å². The lowest BCUT2D eigenvalue weighted by atomic mass is 10.1. The van der Waals surface area contributed by atoms with Crippen molar-refractivity contribution < 1.29 is 14.3 Å². The van der Waals surface area contributed by atoms with Gasteiger partial charge < -0.3 is 19.9 Å². The summed E-state index contributed by atoms with van der Waals surface area (Å²) in [6.07, 6.45) is 1.33. The number of nitrogens with zero attached hydrogens (tertiary/aromatic N) is 2. The molecule has 0 atom stereocenters. The van der Waals surface area contributed by atoms with Crippen molar-refractivity contribution in [2.45, 2.75) is 13.5 Å². The third kappa shape index (κ3) is 3.09. The molecule has 0 bridgehead atoms. The van der Waals surface area contributed by atoms with Crippen molar-refractivity contribution in [3.63, 3.8) is 0 Å². The largest absolute Gasteiger partial charge is 0.477 e. The molecule has 2 N–H and O–H groups in total. The monoisotopic (exact) mass is 355 g/mol. The van der Waals surface area contributed by atoms with Gasteiger partial charge in [-0.15, -0.1) is 12.4 Å². The van der Waals surface area contributed by atoms with Gasteiger partial charge in [0.05, 0.1) is 11.2 Å². The first kappa shape index (κ1) is 18.2. The number of carbonyl (C=O) groups is 1. The minimum Gasteiger partial charge on any atom is -0.477 e. The summed E-state index contributed by atoms with van der Waals surface area (Å²) >= 11 is 0. The van der Waals surface area contributed by atoms with Crippen LogP contribution in [0, 0.1) is 5.82 Å². The van der Waals surface area contributed by atoms with Crippen LogP contribution in [0.5, 0.6) is 0 Å². The number of hydrogen-bond acceptors (Lipinski definition) is 4. The van der Waals surface area contributed by atoms with Crippen LogP contribution in [0.1, 0.15) is 17.3 Å². The van der Waals surface area contributed by atoms with Crippen LogP contribution in [-0.4, -0.2) is 41.8 Å². The van der Waals surface area contributed by atoms with E-state index in [0.29, 0.717) is 30.8 Å². The van der Waals surface area contributed by atoms with E-state index >= 15 is 0 Å². The Morgan fingerprint density at radius 1 is 1.33 bits per heavy atom. The van der Waals surface area contributed by atoms with Crippen LogP contribution in [0.4, 0.5) is 10.1 Å². The summed E-state index contributed by atoms with van der Waals surface area (Å²) < 4.78 is 16.2. The number of carboxylic acids is 1. The fourth-order valence-corrected chi connectivity index (χ4v) is 2.96. The number of hydrogen-bond donors (Lipinski definition) is 2. The van der Waals surface area contributed by atoms with Gasteiger partial charge in [-0.2, -0.15) is 0 Å². The fraction of sp³-hybridized carbons (Fsp3) is 0.375. The van der Waals surface area contributed by atoms with E-state index in [9.17, 15) is 14.0 Å². The molecule has 0 aliphatic carbocycles. The molecule has 1 saturated heterocycles. The highest BCUT2D eigenvalue weighted by atomic mass is 35.5. The number of piperazine rings is 1. The number of aryl methyl sites for hydroxylation is 1. The Bertz CT molecular complexity index is 831. The van der Waals surface area contributed by atoms with E-state index in [-0.39, 0.29) is 23.4 Å². The van der Waals surface area contributed by atoms with Gasteiger partial charge in [0.15, 0.2) is 0 Å². The highest BCUT2D eigenvalue weighted by Gasteiger charge is 2.19. The van der Waals surface area contributed by atoms with Crippen molar-refractivity contribution >= 4 is 35.0 Å². The van der Waals surface area contributed by atoms with Gasteiger partial charge in [-0.05, 0) is 19.1 Å². The molecule has 6 nitrogen and oxygen atoms in total. The zero-order valence-electron chi connectivity index (χ0n) is 13.2. The Kier molecular flexibility index (Phi) is 5.46. The van der Waals surface area contributed by atoms with Crippen molar-refractivity contribution in [2.24, 2.45) is 0 Å². The van der Waals surface area contributed by atoms with Crippen molar-refractivity contribution in [1.82, 2.24) is 9.88 Å². The molecular formula is C16H19ClFN3O3. The zero-order valence-corrected chi connectivity index (χ0v) is 14.0. The van der Waals surface area contributed by atoms with E-state index in [1.165, 1.54) is 6.20 Å². The molecule has 1 fully saturated rings. The normalized spacial score (nSPS) is 14.5. The topological polar surface area (TPSA) is 74.6 Å². The van der Waals surface area contributed by atoms with Crippen molar-refractivity contribution in [3.05, 3.63) is 39.9 Å². The highest BCUT2D eigenvalue weighted by Crippen LogP contribution is 2.25. The molecule has 2 aromatic rings. The summed E-state index contributed by atoms with van der Waals surface area (Å²) in [5.74, 6) is -1.80. The summed E-state index contributed by atoms with van der Waals surface area (Å²) in [6.45, 7) is 5.26. The number of aromatic nitrogens is 1. The van der Waals surface area contributed by atoms with E-state index in [4.69, 9.17) is 5.11 Å². The van der Waals surface area contributed by atoms with Crippen LogP contribution in [0.15, 0.2) is 23.1 Å². The van der Waals surface area contributed by atoms with Crippen LogP contribution >= 0.6 is 12.4 Å². The van der Waals surface area contributed by atoms with Crippen LogP contribution < -0.4 is 15.6 Å². The molecule has 3 rings (SSSR count). The Morgan fingerprint density at radius 3 is 2.58 bits per heavy atom. The average Bonchev–Trinajstić information content (AvgIpc) is 2.55. The molecular weight excluding hydrogens is 337 g/mol. The third-order valence-electron chi connectivity index (χ3n) is 4.18.